The first-order valence-electron chi connectivity index (χ1n) is 5.53. The molecule has 1 rings (SSSR count). The fourth-order valence-electron chi connectivity index (χ4n) is 1.45. The molecular formula is C12H15ClN2O3S. The molecule has 0 fully saturated rings. The highest BCUT2D eigenvalue weighted by Crippen LogP contribution is 2.20. The van der Waals surface area contributed by atoms with Crippen molar-refractivity contribution in [1.29, 1.82) is 0 Å². The lowest BCUT2D eigenvalue weighted by Gasteiger charge is -2.13. The SMILES string of the molecule is CSCC(C)NC(=O)Nc1ccc(Cl)c(C(=O)O)c1. The molecule has 7 heteroatoms. The molecule has 0 bridgehead atoms. The van der Waals surface area contributed by atoms with Crippen LogP contribution >= 0.6 is 23.4 Å². The van der Waals surface area contributed by atoms with Gasteiger partial charge in [-0.25, -0.2) is 9.59 Å². The van der Waals surface area contributed by atoms with E-state index in [4.69, 9.17) is 16.7 Å². The van der Waals surface area contributed by atoms with Crippen LogP contribution in [0.15, 0.2) is 18.2 Å². The summed E-state index contributed by atoms with van der Waals surface area (Å²) in [6.07, 6.45) is 1.95. The van der Waals surface area contributed by atoms with Crippen molar-refractivity contribution in [1.82, 2.24) is 5.32 Å². The lowest BCUT2D eigenvalue weighted by atomic mass is 10.2. The average Bonchev–Trinajstić information content (AvgIpc) is 2.31. The fourth-order valence-corrected chi connectivity index (χ4v) is 2.23. The Labute approximate surface area is 120 Å². The summed E-state index contributed by atoms with van der Waals surface area (Å²) in [5.41, 5.74) is 0.340. The van der Waals surface area contributed by atoms with Gasteiger partial charge in [0, 0.05) is 17.5 Å². The molecule has 0 heterocycles. The second-order valence-electron chi connectivity index (χ2n) is 3.95. The first-order valence-corrected chi connectivity index (χ1v) is 7.30. The smallest absolute Gasteiger partial charge is 0.337 e. The summed E-state index contributed by atoms with van der Waals surface area (Å²) < 4.78 is 0. The molecule has 0 saturated carbocycles. The molecule has 2 amide bonds. The van der Waals surface area contributed by atoms with Gasteiger partial charge in [0.25, 0.3) is 0 Å². The summed E-state index contributed by atoms with van der Waals surface area (Å²) in [5.74, 6) is -0.334. The van der Waals surface area contributed by atoms with E-state index < -0.39 is 5.97 Å². The van der Waals surface area contributed by atoms with Gasteiger partial charge in [-0.3, -0.25) is 0 Å². The van der Waals surface area contributed by atoms with E-state index in [1.54, 1.807) is 17.8 Å². The highest BCUT2D eigenvalue weighted by atomic mass is 35.5. The van der Waals surface area contributed by atoms with Crippen LogP contribution in [-0.2, 0) is 0 Å². The highest BCUT2D eigenvalue weighted by molar-refractivity contribution is 7.98. The standard InChI is InChI=1S/C12H15ClN2O3S/c1-7(6-19-2)14-12(18)15-8-3-4-10(13)9(5-8)11(16)17/h3-5,7H,6H2,1-2H3,(H,16,17)(H2,14,15,18). The summed E-state index contributed by atoms with van der Waals surface area (Å²) in [7, 11) is 0. The Kier molecular flexibility index (Phi) is 5.98. The number of carboxylic acids is 1. The molecule has 1 aromatic rings. The maximum Gasteiger partial charge on any atom is 0.337 e. The molecule has 1 atom stereocenters. The molecular weight excluding hydrogens is 288 g/mol. The zero-order valence-corrected chi connectivity index (χ0v) is 12.1. The fraction of sp³-hybridized carbons (Fsp3) is 0.333. The summed E-state index contributed by atoms with van der Waals surface area (Å²) in [6.45, 7) is 1.89. The van der Waals surface area contributed by atoms with Crippen LogP contribution in [0.3, 0.4) is 0 Å². The van der Waals surface area contributed by atoms with E-state index in [-0.39, 0.29) is 22.7 Å². The number of carbonyl (C=O) groups excluding carboxylic acids is 1. The van der Waals surface area contributed by atoms with E-state index in [1.165, 1.54) is 12.1 Å². The first kappa shape index (κ1) is 15.7. The third-order valence-electron chi connectivity index (χ3n) is 2.25. The van der Waals surface area contributed by atoms with Crippen LogP contribution in [-0.4, -0.2) is 35.2 Å². The third-order valence-corrected chi connectivity index (χ3v) is 3.41. The number of anilines is 1. The molecule has 3 N–H and O–H groups in total. The Morgan fingerprint density at radius 1 is 1.47 bits per heavy atom. The second kappa shape index (κ2) is 7.25. The molecule has 0 spiro atoms. The molecule has 1 aromatic carbocycles. The van der Waals surface area contributed by atoms with Gasteiger partial charge in [0.05, 0.1) is 10.6 Å². The van der Waals surface area contributed by atoms with E-state index in [0.717, 1.165) is 5.75 Å². The number of halogens is 1. The number of hydrogen-bond donors (Lipinski definition) is 3. The number of thioether (sulfide) groups is 1. The minimum absolute atomic E-state index is 0.0289. The van der Waals surface area contributed by atoms with E-state index in [1.807, 2.05) is 13.2 Å². The molecule has 0 aromatic heterocycles. The largest absolute Gasteiger partial charge is 0.478 e. The molecule has 0 aliphatic heterocycles. The number of amides is 2. The number of rotatable bonds is 5. The average molecular weight is 303 g/mol. The number of hydrogen-bond acceptors (Lipinski definition) is 3. The minimum Gasteiger partial charge on any atom is -0.478 e. The Bertz CT molecular complexity index is 482. The van der Waals surface area contributed by atoms with Crippen molar-refractivity contribution in [2.75, 3.05) is 17.3 Å². The number of carbonyl (C=O) groups is 2. The topological polar surface area (TPSA) is 78.4 Å². The van der Waals surface area contributed by atoms with Gasteiger partial charge in [-0.15, -0.1) is 0 Å². The van der Waals surface area contributed by atoms with Gasteiger partial charge in [0.1, 0.15) is 0 Å². The monoisotopic (exact) mass is 302 g/mol. The number of urea groups is 1. The normalized spacial score (nSPS) is 11.7. The van der Waals surface area contributed by atoms with Crippen LogP contribution in [0.4, 0.5) is 10.5 Å². The first-order chi connectivity index (χ1) is 8.93. The lowest BCUT2D eigenvalue weighted by molar-refractivity contribution is 0.0697. The van der Waals surface area contributed by atoms with Gasteiger partial charge in [0.15, 0.2) is 0 Å². The number of aromatic carboxylic acids is 1. The summed E-state index contributed by atoms with van der Waals surface area (Å²) in [4.78, 5) is 22.6. The zero-order valence-electron chi connectivity index (χ0n) is 10.6. The summed E-state index contributed by atoms with van der Waals surface area (Å²) >= 11 is 7.37. The molecule has 1 unspecified atom stereocenters. The zero-order chi connectivity index (χ0) is 14.4. The van der Waals surface area contributed by atoms with Crippen LogP contribution in [0.1, 0.15) is 17.3 Å². The number of carboxylic acid groups (broad SMARTS) is 1. The van der Waals surface area contributed by atoms with Crippen molar-refractivity contribution >= 4 is 41.1 Å². The van der Waals surface area contributed by atoms with Gasteiger partial charge < -0.3 is 15.7 Å². The van der Waals surface area contributed by atoms with Crippen molar-refractivity contribution in [3.63, 3.8) is 0 Å². The summed E-state index contributed by atoms with van der Waals surface area (Å²) in [6, 6.07) is 3.96. The van der Waals surface area contributed by atoms with Gasteiger partial charge in [-0.05, 0) is 31.4 Å². The maximum absolute atomic E-state index is 11.7. The van der Waals surface area contributed by atoms with Gasteiger partial charge in [0.2, 0.25) is 0 Å². The molecule has 0 saturated heterocycles. The van der Waals surface area contributed by atoms with Gasteiger partial charge in [-0.2, -0.15) is 11.8 Å². The van der Waals surface area contributed by atoms with E-state index >= 15 is 0 Å². The van der Waals surface area contributed by atoms with Crippen LogP contribution in [0.5, 0.6) is 0 Å². The Hall–Kier alpha value is -1.40. The van der Waals surface area contributed by atoms with Crippen molar-refractivity contribution in [2.45, 2.75) is 13.0 Å². The second-order valence-corrected chi connectivity index (χ2v) is 5.27. The van der Waals surface area contributed by atoms with Crippen LogP contribution < -0.4 is 10.6 Å². The van der Waals surface area contributed by atoms with Gasteiger partial charge >= 0.3 is 12.0 Å². The third kappa shape index (κ3) is 5.00. The Balaban J connectivity index is 2.69. The molecule has 0 radical (unpaired) electrons. The number of benzene rings is 1. The van der Waals surface area contributed by atoms with E-state index in [0.29, 0.717) is 5.69 Å². The van der Waals surface area contributed by atoms with Gasteiger partial charge in [-0.1, -0.05) is 11.6 Å². The maximum atomic E-state index is 11.7. The molecule has 0 aliphatic rings. The minimum atomic E-state index is -1.13. The molecule has 0 aliphatic carbocycles. The van der Waals surface area contributed by atoms with Crippen molar-refractivity contribution in [3.05, 3.63) is 28.8 Å². The predicted octanol–water partition coefficient (Wildman–Crippen LogP) is 2.91. The van der Waals surface area contributed by atoms with Crippen molar-refractivity contribution in [2.24, 2.45) is 0 Å². The predicted molar refractivity (Wildman–Crippen MR) is 78.4 cm³/mol. The molecule has 19 heavy (non-hydrogen) atoms. The van der Waals surface area contributed by atoms with Crippen molar-refractivity contribution in [3.8, 4) is 0 Å². The van der Waals surface area contributed by atoms with Crippen molar-refractivity contribution < 1.29 is 14.7 Å². The van der Waals surface area contributed by atoms with Crippen LogP contribution in [0, 0.1) is 0 Å². The lowest BCUT2D eigenvalue weighted by Crippen LogP contribution is -2.37. The van der Waals surface area contributed by atoms with E-state index in [2.05, 4.69) is 10.6 Å². The Morgan fingerprint density at radius 3 is 2.74 bits per heavy atom. The highest BCUT2D eigenvalue weighted by Gasteiger charge is 2.11. The van der Waals surface area contributed by atoms with Crippen LogP contribution in [0.2, 0.25) is 5.02 Å². The Morgan fingerprint density at radius 2 is 2.16 bits per heavy atom. The van der Waals surface area contributed by atoms with E-state index in [9.17, 15) is 9.59 Å². The molecule has 5 nitrogen and oxygen atoms in total. The quantitative estimate of drug-likeness (QED) is 0.781. The number of nitrogens with one attached hydrogen (secondary N) is 2. The molecule has 104 valence electrons. The van der Waals surface area contributed by atoms with Crippen LogP contribution in [0.25, 0.3) is 0 Å². The summed E-state index contributed by atoms with van der Waals surface area (Å²) in [5, 5.41) is 14.4.